The summed E-state index contributed by atoms with van der Waals surface area (Å²) in [4.78, 5) is 16.4. The fourth-order valence-electron chi connectivity index (χ4n) is 2.41. The summed E-state index contributed by atoms with van der Waals surface area (Å²) in [6.07, 6.45) is 2.29. The molecule has 0 aliphatic rings. The Morgan fingerprint density at radius 3 is 2.58 bits per heavy atom. The number of benzene rings is 1. The number of aromatic nitrogens is 1. The van der Waals surface area contributed by atoms with Gasteiger partial charge in [0.2, 0.25) is 0 Å². The van der Waals surface area contributed by atoms with E-state index in [2.05, 4.69) is 15.6 Å². The highest BCUT2D eigenvalue weighted by molar-refractivity contribution is 5.93. The molecular weight excluding hydrogens is 334 g/mol. The van der Waals surface area contributed by atoms with Crippen molar-refractivity contribution in [1.29, 1.82) is 0 Å². The van der Waals surface area contributed by atoms with Crippen LogP contribution in [0.15, 0.2) is 36.5 Å². The Balaban J connectivity index is 1.88. The van der Waals surface area contributed by atoms with Crippen molar-refractivity contribution in [2.75, 3.05) is 46.3 Å². The van der Waals surface area contributed by atoms with Gasteiger partial charge in [-0.15, -0.1) is 0 Å². The number of carbonyl (C=O) groups is 1. The van der Waals surface area contributed by atoms with E-state index in [1.54, 1.807) is 33.6 Å². The number of hydrogen-bond donors (Lipinski definition) is 2. The van der Waals surface area contributed by atoms with Crippen LogP contribution in [0.25, 0.3) is 0 Å². The molecule has 0 saturated carbocycles. The minimum Gasteiger partial charge on any atom is -0.493 e. The van der Waals surface area contributed by atoms with Crippen LogP contribution in [0.1, 0.15) is 16.1 Å². The van der Waals surface area contributed by atoms with Crippen LogP contribution in [0, 0.1) is 0 Å². The zero-order chi connectivity index (χ0) is 18.8. The fourth-order valence-corrected chi connectivity index (χ4v) is 2.41. The number of rotatable bonds is 10. The maximum Gasteiger partial charge on any atom is 0.269 e. The van der Waals surface area contributed by atoms with Gasteiger partial charge in [-0.25, -0.2) is 0 Å². The second kappa shape index (κ2) is 10.2. The molecule has 0 fully saturated rings. The molecule has 1 heterocycles. The van der Waals surface area contributed by atoms with Crippen molar-refractivity contribution in [3.63, 3.8) is 0 Å². The third-order valence-electron chi connectivity index (χ3n) is 3.78. The van der Waals surface area contributed by atoms with Crippen LogP contribution in [-0.2, 0) is 11.2 Å². The van der Waals surface area contributed by atoms with Gasteiger partial charge in [-0.2, -0.15) is 0 Å². The molecular formula is C19H25N3O4. The van der Waals surface area contributed by atoms with Crippen molar-refractivity contribution < 1.29 is 19.0 Å². The second-order valence-electron chi connectivity index (χ2n) is 5.54. The number of pyridine rings is 1. The van der Waals surface area contributed by atoms with E-state index in [0.717, 1.165) is 11.3 Å². The summed E-state index contributed by atoms with van der Waals surface area (Å²) in [5.74, 6) is 1.15. The summed E-state index contributed by atoms with van der Waals surface area (Å²) in [5, 5.41) is 6.06. The van der Waals surface area contributed by atoms with E-state index in [0.29, 0.717) is 43.3 Å². The Kier molecular flexibility index (Phi) is 7.70. The highest BCUT2D eigenvalue weighted by atomic mass is 16.5. The monoisotopic (exact) mass is 359 g/mol. The molecule has 2 N–H and O–H groups in total. The number of nitrogens with one attached hydrogen (secondary N) is 2. The largest absolute Gasteiger partial charge is 0.493 e. The van der Waals surface area contributed by atoms with E-state index >= 15 is 0 Å². The van der Waals surface area contributed by atoms with Gasteiger partial charge >= 0.3 is 0 Å². The van der Waals surface area contributed by atoms with Crippen LogP contribution < -0.4 is 20.1 Å². The van der Waals surface area contributed by atoms with E-state index in [1.165, 1.54) is 0 Å². The van der Waals surface area contributed by atoms with Crippen LogP contribution in [0.4, 0.5) is 5.69 Å². The highest BCUT2D eigenvalue weighted by Gasteiger charge is 2.09. The summed E-state index contributed by atoms with van der Waals surface area (Å²) in [7, 11) is 4.84. The van der Waals surface area contributed by atoms with Gasteiger partial charge in [-0.1, -0.05) is 6.07 Å². The molecule has 7 nitrogen and oxygen atoms in total. The number of nitrogens with zero attached hydrogens (tertiary/aromatic N) is 1. The Labute approximate surface area is 153 Å². The number of hydrogen-bond acceptors (Lipinski definition) is 6. The highest BCUT2D eigenvalue weighted by Crippen LogP contribution is 2.27. The lowest BCUT2D eigenvalue weighted by molar-refractivity contribution is 0.0949. The first kappa shape index (κ1) is 19.5. The molecule has 0 saturated heterocycles. The molecule has 0 spiro atoms. The van der Waals surface area contributed by atoms with Gasteiger partial charge in [0.15, 0.2) is 11.5 Å². The first-order valence-electron chi connectivity index (χ1n) is 8.36. The lowest BCUT2D eigenvalue weighted by atomic mass is 10.1. The lowest BCUT2D eigenvalue weighted by Crippen LogP contribution is -2.26. The average molecular weight is 359 g/mol. The van der Waals surface area contributed by atoms with Crippen molar-refractivity contribution in [3.8, 4) is 11.5 Å². The average Bonchev–Trinajstić information content (AvgIpc) is 2.68. The van der Waals surface area contributed by atoms with E-state index in [4.69, 9.17) is 14.2 Å². The van der Waals surface area contributed by atoms with E-state index < -0.39 is 0 Å². The first-order valence-corrected chi connectivity index (χ1v) is 8.36. The van der Waals surface area contributed by atoms with Crippen LogP contribution in [0.2, 0.25) is 0 Å². The Hall–Kier alpha value is -2.80. The second-order valence-corrected chi connectivity index (χ2v) is 5.54. The number of anilines is 1. The van der Waals surface area contributed by atoms with E-state index in [-0.39, 0.29) is 5.91 Å². The quantitative estimate of drug-likeness (QED) is 0.633. The first-order chi connectivity index (χ1) is 12.7. The molecule has 0 aliphatic heterocycles. The number of carbonyl (C=O) groups excluding carboxylic acids is 1. The molecule has 2 aromatic rings. The molecule has 0 bridgehead atoms. The number of methoxy groups -OCH3 is 3. The van der Waals surface area contributed by atoms with Crippen LogP contribution >= 0.6 is 0 Å². The maximum absolute atomic E-state index is 12.3. The molecule has 0 atom stereocenters. The summed E-state index contributed by atoms with van der Waals surface area (Å²) in [5.41, 5.74) is 2.26. The molecule has 0 aliphatic carbocycles. The van der Waals surface area contributed by atoms with Crippen molar-refractivity contribution in [1.82, 2.24) is 10.3 Å². The van der Waals surface area contributed by atoms with Crippen LogP contribution in [-0.4, -0.2) is 51.9 Å². The van der Waals surface area contributed by atoms with Gasteiger partial charge in [0, 0.05) is 32.1 Å². The Morgan fingerprint density at radius 2 is 1.85 bits per heavy atom. The smallest absolute Gasteiger partial charge is 0.269 e. The molecule has 2 rings (SSSR count). The maximum atomic E-state index is 12.3. The zero-order valence-corrected chi connectivity index (χ0v) is 15.4. The summed E-state index contributed by atoms with van der Waals surface area (Å²) in [6.45, 7) is 1.76. The van der Waals surface area contributed by atoms with Crippen molar-refractivity contribution >= 4 is 11.6 Å². The molecule has 0 unspecified atom stereocenters. The zero-order valence-electron chi connectivity index (χ0n) is 15.4. The topological polar surface area (TPSA) is 81.7 Å². The number of ether oxygens (including phenoxy) is 3. The van der Waals surface area contributed by atoms with Gasteiger partial charge in [-0.05, 0) is 36.2 Å². The van der Waals surface area contributed by atoms with Crippen molar-refractivity contribution in [2.45, 2.75) is 6.42 Å². The SMILES string of the molecule is COCCNc1ccnc(C(=O)NCCc2ccc(OC)c(OC)c2)c1. The van der Waals surface area contributed by atoms with E-state index in [1.807, 2.05) is 24.3 Å². The molecule has 7 heteroatoms. The molecule has 1 amide bonds. The van der Waals surface area contributed by atoms with Gasteiger partial charge in [-0.3, -0.25) is 9.78 Å². The standard InChI is InChI=1S/C19H25N3O4/c1-24-11-10-20-15-7-9-21-16(13-15)19(23)22-8-6-14-4-5-17(25-2)18(12-14)26-3/h4-5,7,9,12-13H,6,8,10-11H2,1-3H3,(H,20,21)(H,22,23). The predicted octanol–water partition coefficient (Wildman–Crippen LogP) is 2.13. The summed E-state index contributed by atoms with van der Waals surface area (Å²) < 4.78 is 15.5. The fraction of sp³-hybridized carbons (Fsp3) is 0.368. The van der Waals surface area contributed by atoms with Gasteiger partial charge in [0.25, 0.3) is 5.91 Å². The Bertz CT molecular complexity index is 722. The van der Waals surface area contributed by atoms with Gasteiger partial charge in [0.1, 0.15) is 5.69 Å². The molecule has 1 aromatic carbocycles. The predicted molar refractivity (Wildman–Crippen MR) is 100 cm³/mol. The minimum atomic E-state index is -0.208. The lowest BCUT2D eigenvalue weighted by Gasteiger charge is -2.10. The molecule has 26 heavy (non-hydrogen) atoms. The Morgan fingerprint density at radius 1 is 1.04 bits per heavy atom. The van der Waals surface area contributed by atoms with Gasteiger partial charge < -0.3 is 24.8 Å². The van der Waals surface area contributed by atoms with Crippen molar-refractivity contribution in [2.24, 2.45) is 0 Å². The van der Waals surface area contributed by atoms with E-state index in [9.17, 15) is 4.79 Å². The van der Waals surface area contributed by atoms with Crippen LogP contribution in [0.5, 0.6) is 11.5 Å². The minimum absolute atomic E-state index is 0.208. The third-order valence-corrected chi connectivity index (χ3v) is 3.78. The number of amides is 1. The van der Waals surface area contributed by atoms with Gasteiger partial charge in [0.05, 0.1) is 20.8 Å². The van der Waals surface area contributed by atoms with Crippen LogP contribution in [0.3, 0.4) is 0 Å². The normalized spacial score (nSPS) is 10.3. The summed E-state index contributed by atoms with van der Waals surface area (Å²) in [6, 6.07) is 9.25. The third kappa shape index (κ3) is 5.63. The molecule has 140 valence electrons. The molecule has 1 aromatic heterocycles. The summed E-state index contributed by atoms with van der Waals surface area (Å²) >= 11 is 0. The molecule has 0 radical (unpaired) electrons. The van der Waals surface area contributed by atoms with Crippen molar-refractivity contribution in [3.05, 3.63) is 47.8 Å².